The first-order valence-corrected chi connectivity index (χ1v) is 7.24. The number of hydrogen-bond donors (Lipinski definition) is 2. The number of benzene rings is 1. The van der Waals surface area contributed by atoms with Crippen LogP contribution in [0.1, 0.15) is 37.7 Å². The Hall–Kier alpha value is -0.900. The average Bonchev–Trinajstić information content (AvgIpc) is 2.49. The maximum absolute atomic E-state index is 9.95. The molecule has 0 amide bonds. The second-order valence-corrected chi connectivity index (χ2v) is 5.52. The van der Waals surface area contributed by atoms with Gasteiger partial charge in [0.05, 0.1) is 18.8 Å². The fraction of sp³-hybridized carbons (Fsp3) is 0.625. The van der Waals surface area contributed by atoms with Gasteiger partial charge >= 0.3 is 0 Å². The molecule has 1 saturated carbocycles. The Labute approximate surface area is 116 Å². The van der Waals surface area contributed by atoms with Crippen LogP contribution < -0.4 is 5.32 Å². The van der Waals surface area contributed by atoms with E-state index in [2.05, 4.69) is 17.4 Å². The Morgan fingerprint density at radius 3 is 2.47 bits per heavy atom. The van der Waals surface area contributed by atoms with Gasteiger partial charge in [-0.15, -0.1) is 0 Å². The number of nitrogens with one attached hydrogen (secondary N) is 1. The summed E-state index contributed by atoms with van der Waals surface area (Å²) in [5.74, 6) is 0. The molecular formula is C16H25NO2. The van der Waals surface area contributed by atoms with Gasteiger partial charge in [0.1, 0.15) is 0 Å². The highest BCUT2D eigenvalue weighted by Gasteiger charge is 2.34. The van der Waals surface area contributed by atoms with Gasteiger partial charge in [0.15, 0.2) is 0 Å². The number of aliphatic hydroxyl groups excluding tert-OH is 1. The van der Waals surface area contributed by atoms with Crippen LogP contribution in [0, 0.1) is 0 Å². The van der Waals surface area contributed by atoms with Crippen LogP contribution in [0.2, 0.25) is 0 Å². The molecule has 1 aromatic rings. The lowest BCUT2D eigenvalue weighted by Gasteiger charge is -2.38. The number of ether oxygens (including phenoxy) is 1. The number of hydrogen-bond acceptors (Lipinski definition) is 3. The second-order valence-electron chi connectivity index (χ2n) is 5.52. The van der Waals surface area contributed by atoms with Crippen molar-refractivity contribution < 1.29 is 9.84 Å². The molecule has 1 fully saturated rings. The number of methoxy groups -OCH3 is 1. The fourth-order valence-electron chi connectivity index (χ4n) is 3.03. The van der Waals surface area contributed by atoms with Crippen LogP contribution in [0.5, 0.6) is 0 Å². The summed E-state index contributed by atoms with van der Waals surface area (Å²) in [5, 5.41) is 13.6. The van der Waals surface area contributed by atoms with E-state index in [1.807, 2.05) is 18.2 Å². The average molecular weight is 263 g/mol. The van der Waals surface area contributed by atoms with Crippen molar-refractivity contribution in [3.8, 4) is 0 Å². The first kappa shape index (κ1) is 14.5. The van der Waals surface area contributed by atoms with Gasteiger partial charge in [0, 0.05) is 13.2 Å². The van der Waals surface area contributed by atoms with E-state index in [0.717, 1.165) is 5.56 Å². The Bertz CT molecular complexity index is 362. The first-order valence-electron chi connectivity index (χ1n) is 7.24. The fourth-order valence-corrected chi connectivity index (χ4v) is 3.03. The zero-order valence-corrected chi connectivity index (χ0v) is 11.8. The molecule has 0 aliphatic heterocycles. The first-order chi connectivity index (χ1) is 9.30. The van der Waals surface area contributed by atoms with Gasteiger partial charge in [-0.25, -0.2) is 0 Å². The van der Waals surface area contributed by atoms with E-state index in [1.165, 1.54) is 32.1 Å². The minimum absolute atomic E-state index is 0.0569. The summed E-state index contributed by atoms with van der Waals surface area (Å²) in [5.41, 5.74) is 0.628. The lowest BCUT2D eigenvalue weighted by Crippen LogP contribution is -2.54. The minimum Gasteiger partial charge on any atom is -0.394 e. The maximum atomic E-state index is 9.95. The topological polar surface area (TPSA) is 41.5 Å². The lowest BCUT2D eigenvalue weighted by molar-refractivity contribution is 0.0482. The molecule has 0 spiro atoms. The van der Waals surface area contributed by atoms with Crippen LogP contribution in [0.25, 0.3) is 0 Å². The van der Waals surface area contributed by atoms with Gasteiger partial charge in [-0.05, 0) is 18.4 Å². The van der Waals surface area contributed by atoms with E-state index >= 15 is 0 Å². The van der Waals surface area contributed by atoms with Gasteiger partial charge in [0.25, 0.3) is 0 Å². The molecule has 2 rings (SSSR count). The van der Waals surface area contributed by atoms with Gasteiger partial charge < -0.3 is 15.2 Å². The van der Waals surface area contributed by atoms with E-state index in [-0.39, 0.29) is 6.61 Å². The maximum Gasteiger partial charge on any atom is 0.0907 e. The van der Waals surface area contributed by atoms with Crippen LogP contribution in [0.15, 0.2) is 30.3 Å². The van der Waals surface area contributed by atoms with Gasteiger partial charge in [-0.3, -0.25) is 0 Å². The molecular weight excluding hydrogens is 238 g/mol. The Morgan fingerprint density at radius 1 is 1.21 bits per heavy atom. The summed E-state index contributed by atoms with van der Waals surface area (Å²) >= 11 is 0. The summed E-state index contributed by atoms with van der Waals surface area (Å²) in [4.78, 5) is 0. The minimum atomic E-state index is -0.474. The van der Waals surface area contributed by atoms with Crippen molar-refractivity contribution >= 4 is 0 Å². The van der Waals surface area contributed by atoms with E-state index in [0.29, 0.717) is 12.6 Å². The lowest BCUT2D eigenvalue weighted by atomic mass is 9.87. The summed E-state index contributed by atoms with van der Waals surface area (Å²) in [6.45, 7) is 0.547. The molecule has 3 heteroatoms. The standard InChI is InChI=1S/C16H25NO2/c1-19-13-16(12-18,14-8-4-2-5-9-14)17-15-10-6-3-7-11-15/h2,4-5,8-9,15,17-18H,3,6-7,10-13H2,1H3. The quantitative estimate of drug-likeness (QED) is 0.828. The molecule has 2 N–H and O–H groups in total. The third-order valence-corrected chi connectivity index (χ3v) is 4.07. The monoisotopic (exact) mass is 263 g/mol. The van der Waals surface area contributed by atoms with Crippen molar-refractivity contribution in [2.75, 3.05) is 20.3 Å². The van der Waals surface area contributed by atoms with E-state index < -0.39 is 5.54 Å². The zero-order valence-electron chi connectivity index (χ0n) is 11.8. The van der Waals surface area contributed by atoms with Crippen molar-refractivity contribution in [2.45, 2.75) is 43.7 Å². The van der Waals surface area contributed by atoms with Crippen molar-refractivity contribution in [1.82, 2.24) is 5.32 Å². The van der Waals surface area contributed by atoms with E-state index in [4.69, 9.17) is 4.74 Å². The summed E-state index contributed by atoms with van der Waals surface area (Å²) in [7, 11) is 1.69. The van der Waals surface area contributed by atoms with Crippen LogP contribution in [0.4, 0.5) is 0 Å². The van der Waals surface area contributed by atoms with Gasteiger partial charge in [0.2, 0.25) is 0 Å². The third-order valence-electron chi connectivity index (χ3n) is 4.07. The van der Waals surface area contributed by atoms with Gasteiger partial charge in [-0.2, -0.15) is 0 Å². The smallest absolute Gasteiger partial charge is 0.0907 e. The molecule has 1 aliphatic rings. The van der Waals surface area contributed by atoms with E-state index in [1.54, 1.807) is 7.11 Å². The number of rotatable bonds is 6. The summed E-state index contributed by atoms with van der Waals surface area (Å²) in [6, 6.07) is 10.6. The van der Waals surface area contributed by atoms with Gasteiger partial charge in [-0.1, -0.05) is 49.6 Å². The highest BCUT2D eigenvalue weighted by atomic mass is 16.5. The molecule has 0 aromatic heterocycles. The Morgan fingerprint density at radius 2 is 1.89 bits per heavy atom. The van der Waals surface area contributed by atoms with Crippen molar-refractivity contribution in [1.29, 1.82) is 0 Å². The molecule has 0 saturated heterocycles. The van der Waals surface area contributed by atoms with Crippen LogP contribution in [-0.4, -0.2) is 31.5 Å². The molecule has 0 bridgehead atoms. The predicted molar refractivity (Wildman–Crippen MR) is 77.1 cm³/mol. The molecule has 19 heavy (non-hydrogen) atoms. The SMILES string of the molecule is COCC(CO)(NC1CCCCC1)c1ccccc1. The molecule has 0 radical (unpaired) electrons. The largest absolute Gasteiger partial charge is 0.394 e. The van der Waals surface area contributed by atoms with Crippen molar-refractivity contribution in [3.63, 3.8) is 0 Å². The second kappa shape index (κ2) is 7.04. The van der Waals surface area contributed by atoms with Crippen LogP contribution in [0.3, 0.4) is 0 Å². The highest BCUT2D eigenvalue weighted by molar-refractivity contribution is 5.25. The highest BCUT2D eigenvalue weighted by Crippen LogP contribution is 2.26. The Kier molecular flexibility index (Phi) is 5.37. The summed E-state index contributed by atoms with van der Waals surface area (Å²) in [6.07, 6.45) is 6.28. The zero-order chi connectivity index (χ0) is 13.6. The molecule has 1 aromatic carbocycles. The molecule has 1 atom stereocenters. The Balaban J connectivity index is 2.18. The number of aliphatic hydroxyl groups is 1. The normalized spacial score (nSPS) is 20.1. The van der Waals surface area contributed by atoms with Crippen molar-refractivity contribution in [2.24, 2.45) is 0 Å². The van der Waals surface area contributed by atoms with Crippen LogP contribution >= 0.6 is 0 Å². The third kappa shape index (κ3) is 3.56. The summed E-state index contributed by atoms with van der Waals surface area (Å²) < 4.78 is 5.37. The molecule has 106 valence electrons. The molecule has 1 unspecified atom stereocenters. The molecule has 1 aliphatic carbocycles. The van der Waals surface area contributed by atoms with E-state index in [9.17, 15) is 5.11 Å². The molecule has 3 nitrogen and oxygen atoms in total. The van der Waals surface area contributed by atoms with Crippen molar-refractivity contribution in [3.05, 3.63) is 35.9 Å². The molecule has 0 heterocycles. The van der Waals surface area contributed by atoms with Crippen LogP contribution in [-0.2, 0) is 10.3 Å². The predicted octanol–water partition coefficient (Wildman–Crippen LogP) is 2.44.